The van der Waals surface area contributed by atoms with Crippen molar-refractivity contribution in [2.24, 2.45) is 0 Å². The van der Waals surface area contributed by atoms with Crippen molar-refractivity contribution in [2.75, 3.05) is 11.9 Å². The highest BCUT2D eigenvalue weighted by atomic mass is 35.5. The first-order chi connectivity index (χ1) is 12.0. The van der Waals surface area contributed by atoms with E-state index in [1.54, 1.807) is 24.4 Å². The first-order valence-electron chi connectivity index (χ1n) is 7.27. The summed E-state index contributed by atoms with van der Waals surface area (Å²) in [7, 11) is 0. The monoisotopic (exact) mass is 398 g/mol. The Bertz CT molecular complexity index is 954. The Labute approximate surface area is 155 Å². The number of carbonyl (C=O) groups is 2. The minimum absolute atomic E-state index is 0.0368. The number of benzene rings is 1. The van der Waals surface area contributed by atoms with Crippen LogP contribution < -0.4 is 5.32 Å². The number of carbonyl (C=O) groups excluding carboxylic acids is 2. The lowest BCUT2D eigenvalue weighted by Gasteiger charge is -2.00. The van der Waals surface area contributed by atoms with Gasteiger partial charge in [-0.25, -0.2) is 9.37 Å². The van der Waals surface area contributed by atoms with Crippen LogP contribution in [0.2, 0.25) is 5.02 Å². The van der Waals surface area contributed by atoms with Crippen molar-refractivity contribution < 1.29 is 18.7 Å². The summed E-state index contributed by atoms with van der Waals surface area (Å²) in [5.74, 6) is -1.32. The van der Waals surface area contributed by atoms with Crippen LogP contribution in [-0.4, -0.2) is 23.5 Å². The van der Waals surface area contributed by atoms with Crippen LogP contribution in [0.3, 0.4) is 0 Å². The smallest absolute Gasteiger partial charge is 0.311 e. The van der Waals surface area contributed by atoms with Crippen LogP contribution in [0.4, 0.5) is 9.52 Å². The van der Waals surface area contributed by atoms with E-state index in [0.29, 0.717) is 22.1 Å². The van der Waals surface area contributed by atoms with Crippen LogP contribution in [0, 0.1) is 5.82 Å². The fourth-order valence-electron chi connectivity index (χ4n) is 2.18. The van der Waals surface area contributed by atoms with Crippen LogP contribution in [0.15, 0.2) is 23.6 Å². The molecule has 0 saturated heterocycles. The van der Waals surface area contributed by atoms with Gasteiger partial charge in [0.15, 0.2) is 5.13 Å². The van der Waals surface area contributed by atoms with Crippen LogP contribution in [0.1, 0.15) is 22.3 Å². The van der Waals surface area contributed by atoms with Gasteiger partial charge in [-0.3, -0.25) is 14.9 Å². The molecule has 0 bridgehead atoms. The number of nitrogens with zero attached hydrogens (tertiary/aromatic N) is 1. The summed E-state index contributed by atoms with van der Waals surface area (Å²) in [6, 6.07) is 4.56. The Morgan fingerprint density at radius 2 is 2.20 bits per heavy atom. The predicted molar refractivity (Wildman–Crippen MR) is 97.2 cm³/mol. The van der Waals surface area contributed by atoms with Crippen molar-refractivity contribution in [1.82, 2.24) is 4.98 Å². The molecule has 0 unspecified atom stereocenters. The van der Waals surface area contributed by atoms with Crippen molar-refractivity contribution in [3.8, 4) is 0 Å². The molecule has 9 heteroatoms. The third-order valence-corrected chi connectivity index (χ3v) is 5.67. The molecule has 1 N–H and O–H groups in total. The number of rotatable bonds is 5. The van der Waals surface area contributed by atoms with Gasteiger partial charge in [-0.1, -0.05) is 17.7 Å². The minimum Gasteiger partial charge on any atom is -0.466 e. The molecule has 0 saturated carbocycles. The maximum atomic E-state index is 13.9. The van der Waals surface area contributed by atoms with Crippen molar-refractivity contribution in [3.63, 3.8) is 0 Å². The number of amides is 1. The number of ether oxygens (including phenoxy) is 1. The highest BCUT2D eigenvalue weighted by molar-refractivity contribution is 7.21. The Hall–Kier alpha value is -2.03. The first-order valence-corrected chi connectivity index (χ1v) is 9.35. The molecule has 0 spiro atoms. The Kier molecular flexibility index (Phi) is 5.31. The number of halogens is 2. The molecule has 2 heterocycles. The van der Waals surface area contributed by atoms with E-state index >= 15 is 0 Å². The van der Waals surface area contributed by atoms with E-state index in [1.165, 1.54) is 17.4 Å². The molecule has 0 aliphatic rings. The summed E-state index contributed by atoms with van der Waals surface area (Å²) in [6.45, 7) is 2.02. The van der Waals surface area contributed by atoms with Gasteiger partial charge in [0.1, 0.15) is 10.7 Å². The third-order valence-electron chi connectivity index (χ3n) is 3.22. The van der Waals surface area contributed by atoms with Crippen LogP contribution in [0.5, 0.6) is 0 Å². The zero-order valence-corrected chi connectivity index (χ0v) is 15.4. The molecule has 5 nitrogen and oxygen atoms in total. The molecule has 130 valence electrons. The topological polar surface area (TPSA) is 68.3 Å². The van der Waals surface area contributed by atoms with Crippen molar-refractivity contribution in [3.05, 3.63) is 45.0 Å². The van der Waals surface area contributed by atoms with E-state index in [4.69, 9.17) is 16.3 Å². The molecule has 25 heavy (non-hydrogen) atoms. The molecule has 3 aromatic rings. The first kappa shape index (κ1) is 17.8. The molecule has 0 atom stereocenters. The van der Waals surface area contributed by atoms with Gasteiger partial charge in [0.05, 0.1) is 23.7 Å². The quantitative estimate of drug-likeness (QED) is 0.642. The summed E-state index contributed by atoms with van der Waals surface area (Å²) in [4.78, 5) is 28.2. The largest absolute Gasteiger partial charge is 0.466 e. The van der Waals surface area contributed by atoms with E-state index in [0.717, 1.165) is 11.3 Å². The number of fused-ring (bicyclic) bond motifs is 1. The molecule has 0 fully saturated rings. The zero-order chi connectivity index (χ0) is 18.0. The molecule has 0 radical (unpaired) electrons. The lowest BCUT2D eigenvalue weighted by atomic mass is 10.2. The lowest BCUT2D eigenvalue weighted by Crippen LogP contribution is -2.11. The minimum atomic E-state index is -0.470. The maximum Gasteiger partial charge on any atom is 0.311 e. The summed E-state index contributed by atoms with van der Waals surface area (Å²) < 4.78 is 19.3. The average Bonchev–Trinajstić information content (AvgIpc) is 3.13. The summed E-state index contributed by atoms with van der Waals surface area (Å²) in [5.41, 5.74) is 0.507. The number of esters is 1. The molecule has 3 rings (SSSR count). The highest BCUT2D eigenvalue weighted by Gasteiger charge is 2.20. The second kappa shape index (κ2) is 7.47. The Morgan fingerprint density at radius 1 is 1.40 bits per heavy atom. The van der Waals surface area contributed by atoms with E-state index in [2.05, 4.69) is 10.3 Å². The van der Waals surface area contributed by atoms with Crippen molar-refractivity contribution in [2.45, 2.75) is 13.3 Å². The zero-order valence-electron chi connectivity index (χ0n) is 13.0. The van der Waals surface area contributed by atoms with Crippen LogP contribution in [0.25, 0.3) is 10.1 Å². The maximum absolute atomic E-state index is 13.9. The Morgan fingerprint density at radius 3 is 2.92 bits per heavy atom. The number of thiazole rings is 1. The number of hydrogen-bond acceptors (Lipinski definition) is 6. The normalized spacial score (nSPS) is 10.8. The number of hydrogen-bond donors (Lipinski definition) is 1. The SMILES string of the molecule is CCOC(=O)Cc1csc(NC(=O)c2sc3cccc(F)c3c2Cl)n1. The molecule has 1 amide bonds. The highest BCUT2D eigenvalue weighted by Crippen LogP contribution is 2.37. The van der Waals surface area contributed by atoms with Crippen LogP contribution >= 0.6 is 34.3 Å². The fourth-order valence-corrected chi connectivity index (χ4v) is 4.33. The predicted octanol–water partition coefficient (Wildman–Crippen LogP) is 4.51. The number of aromatic nitrogens is 1. The van der Waals surface area contributed by atoms with Gasteiger partial charge in [-0.2, -0.15) is 0 Å². The molecule has 2 aromatic heterocycles. The second-order valence-electron chi connectivity index (χ2n) is 4.94. The van der Waals surface area contributed by atoms with Gasteiger partial charge >= 0.3 is 5.97 Å². The molecule has 0 aliphatic carbocycles. The van der Waals surface area contributed by atoms with Gasteiger partial charge in [-0.15, -0.1) is 22.7 Å². The lowest BCUT2D eigenvalue weighted by molar-refractivity contribution is -0.142. The number of thiophene rings is 1. The van der Waals surface area contributed by atoms with Gasteiger partial charge in [0.2, 0.25) is 0 Å². The number of anilines is 1. The summed E-state index contributed by atoms with van der Waals surface area (Å²) in [6.07, 6.45) is 0.0368. The summed E-state index contributed by atoms with van der Waals surface area (Å²) in [5, 5.41) is 4.94. The van der Waals surface area contributed by atoms with Gasteiger partial charge in [-0.05, 0) is 19.1 Å². The van der Waals surface area contributed by atoms with E-state index < -0.39 is 11.7 Å². The summed E-state index contributed by atoms with van der Waals surface area (Å²) >= 11 is 8.46. The van der Waals surface area contributed by atoms with Gasteiger partial charge in [0, 0.05) is 15.5 Å². The van der Waals surface area contributed by atoms with E-state index in [1.807, 2.05) is 0 Å². The average molecular weight is 399 g/mol. The second-order valence-corrected chi connectivity index (χ2v) is 7.23. The number of nitrogens with one attached hydrogen (secondary N) is 1. The van der Waals surface area contributed by atoms with Crippen molar-refractivity contribution >= 4 is 61.4 Å². The standard InChI is InChI=1S/C16H12ClFN2O3S2/c1-2-23-11(21)6-8-7-24-16(19-8)20-15(22)14-13(17)12-9(18)4-3-5-10(12)25-14/h3-5,7H,2,6H2,1H3,(H,19,20,22). The van der Waals surface area contributed by atoms with Crippen LogP contribution in [-0.2, 0) is 16.0 Å². The molecule has 0 aliphatic heterocycles. The molecular weight excluding hydrogens is 387 g/mol. The van der Waals surface area contributed by atoms with E-state index in [-0.39, 0.29) is 27.7 Å². The van der Waals surface area contributed by atoms with Gasteiger partial charge in [0.25, 0.3) is 5.91 Å². The third kappa shape index (κ3) is 3.81. The Balaban J connectivity index is 1.77. The molecule has 1 aromatic carbocycles. The van der Waals surface area contributed by atoms with Crippen molar-refractivity contribution in [1.29, 1.82) is 0 Å². The molecular formula is C16H12ClFN2O3S2. The van der Waals surface area contributed by atoms with Gasteiger partial charge < -0.3 is 4.74 Å². The fraction of sp³-hybridized carbons (Fsp3) is 0.188. The van der Waals surface area contributed by atoms with E-state index in [9.17, 15) is 14.0 Å².